The lowest BCUT2D eigenvalue weighted by molar-refractivity contribution is 0.634. The van der Waals surface area contributed by atoms with Gasteiger partial charge in [0.15, 0.2) is 0 Å². The van der Waals surface area contributed by atoms with Crippen LogP contribution in [0.3, 0.4) is 0 Å². The maximum atomic E-state index is 14.3. The van der Waals surface area contributed by atoms with E-state index in [1.54, 1.807) is 6.07 Å². The highest BCUT2D eigenvalue weighted by Gasteiger charge is 2.25. The molecule has 0 aliphatic heterocycles. The first-order chi connectivity index (χ1) is 8.77. The Morgan fingerprint density at radius 3 is 2.39 bits per heavy atom. The van der Waals surface area contributed by atoms with E-state index in [0.29, 0.717) is 5.56 Å². The fourth-order valence-electron chi connectivity index (χ4n) is 2.81. The van der Waals surface area contributed by atoms with Gasteiger partial charge in [-0.1, -0.05) is 54.1 Å². The first kappa shape index (κ1) is 10.1. The van der Waals surface area contributed by atoms with E-state index in [1.165, 1.54) is 0 Å². The molecule has 0 N–H and O–H groups in total. The largest absolute Gasteiger partial charge is 0.205 e. The minimum atomic E-state index is -0.318. The molecule has 2 heteroatoms. The monoisotopic (exact) mass is 254 g/mol. The zero-order chi connectivity index (χ0) is 12.3. The van der Waals surface area contributed by atoms with Gasteiger partial charge in [0.05, 0.1) is 5.02 Å². The van der Waals surface area contributed by atoms with Crippen molar-refractivity contribution in [2.24, 2.45) is 0 Å². The van der Waals surface area contributed by atoms with Crippen LogP contribution in [-0.4, -0.2) is 0 Å². The maximum Gasteiger partial charge on any atom is 0.150 e. The number of fused-ring (bicyclic) bond motifs is 3. The summed E-state index contributed by atoms with van der Waals surface area (Å²) in [6.45, 7) is 0. The molecule has 86 valence electrons. The lowest BCUT2D eigenvalue weighted by Gasteiger charge is -2.05. The summed E-state index contributed by atoms with van der Waals surface area (Å²) in [6, 6.07) is 15.6. The summed E-state index contributed by atoms with van der Waals surface area (Å²) in [6.07, 6.45) is 0. The normalized spacial score (nSPS) is 11.9. The van der Waals surface area contributed by atoms with Crippen LogP contribution in [0, 0.1) is 5.82 Å². The predicted octanol–water partition coefficient (Wildman–Crippen LogP) is 5.28. The second kappa shape index (κ2) is 3.33. The van der Waals surface area contributed by atoms with E-state index in [1.807, 2.05) is 42.5 Å². The van der Waals surface area contributed by atoms with Crippen LogP contribution in [0.2, 0.25) is 5.02 Å². The summed E-state index contributed by atoms with van der Waals surface area (Å²) in [5.74, 6) is -0.318. The van der Waals surface area contributed by atoms with Crippen molar-refractivity contribution >= 4 is 22.4 Å². The second-order valence-corrected chi connectivity index (χ2v) is 4.90. The Morgan fingerprint density at radius 2 is 1.56 bits per heavy atom. The number of hydrogen-bond donors (Lipinski definition) is 0. The molecule has 0 saturated carbocycles. The molecule has 0 unspecified atom stereocenters. The molecule has 3 aromatic carbocycles. The average Bonchev–Trinajstić information content (AvgIpc) is 2.73. The van der Waals surface area contributed by atoms with Crippen LogP contribution >= 0.6 is 11.6 Å². The molecule has 0 fully saturated rings. The summed E-state index contributed by atoms with van der Waals surface area (Å²) in [5, 5.41) is 2.15. The fourth-order valence-corrected chi connectivity index (χ4v) is 3.02. The standard InChI is InChI=1S/C16H8ClF/c17-13-8-9-4-3-7-11-10-5-1-2-6-12(10)15(14(9)11)16(13)18/h1-8H. The molecule has 0 nitrogen and oxygen atoms in total. The van der Waals surface area contributed by atoms with Gasteiger partial charge in [0.25, 0.3) is 0 Å². The van der Waals surface area contributed by atoms with Gasteiger partial charge in [-0.15, -0.1) is 0 Å². The Kier molecular flexibility index (Phi) is 1.87. The predicted molar refractivity (Wildman–Crippen MR) is 73.3 cm³/mol. The van der Waals surface area contributed by atoms with E-state index < -0.39 is 0 Å². The molecule has 0 amide bonds. The van der Waals surface area contributed by atoms with Crippen LogP contribution in [0.25, 0.3) is 33.0 Å². The summed E-state index contributed by atoms with van der Waals surface area (Å²) in [5.41, 5.74) is 3.75. The van der Waals surface area contributed by atoms with E-state index in [2.05, 4.69) is 0 Å². The molecule has 1 aliphatic carbocycles. The van der Waals surface area contributed by atoms with Gasteiger partial charge in [-0.3, -0.25) is 0 Å². The molecule has 3 aromatic rings. The molecular formula is C16H8ClF. The Labute approximate surface area is 109 Å². The molecule has 18 heavy (non-hydrogen) atoms. The minimum absolute atomic E-state index is 0.186. The molecule has 4 rings (SSSR count). The van der Waals surface area contributed by atoms with Crippen LogP contribution in [0.1, 0.15) is 0 Å². The van der Waals surface area contributed by atoms with Crippen molar-refractivity contribution in [3.05, 3.63) is 59.4 Å². The van der Waals surface area contributed by atoms with Crippen molar-refractivity contribution in [1.82, 2.24) is 0 Å². The molecule has 0 spiro atoms. The van der Waals surface area contributed by atoms with Crippen LogP contribution in [0.15, 0.2) is 48.5 Å². The van der Waals surface area contributed by atoms with Gasteiger partial charge in [0.2, 0.25) is 0 Å². The van der Waals surface area contributed by atoms with Gasteiger partial charge >= 0.3 is 0 Å². The first-order valence-corrected chi connectivity index (χ1v) is 6.15. The van der Waals surface area contributed by atoms with Crippen LogP contribution in [-0.2, 0) is 0 Å². The maximum absolute atomic E-state index is 14.3. The Morgan fingerprint density at radius 1 is 0.833 bits per heavy atom. The third kappa shape index (κ3) is 1.10. The van der Waals surface area contributed by atoms with Crippen molar-refractivity contribution in [3.8, 4) is 22.3 Å². The van der Waals surface area contributed by atoms with E-state index in [-0.39, 0.29) is 10.8 Å². The van der Waals surface area contributed by atoms with Gasteiger partial charge in [-0.05, 0) is 28.1 Å². The summed E-state index contributed by atoms with van der Waals surface area (Å²) in [7, 11) is 0. The third-order valence-electron chi connectivity index (χ3n) is 3.54. The molecule has 0 atom stereocenters. The highest BCUT2D eigenvalue weighted by molar-refractivity contribution is 6.33. The van der Waals surface area contributed by atoms with Gasteiger partial charge in [-0.2, -0.15) is 0 Å². The topological polar surface area (TPSA) is 0 Å². The number of hydrogen-bond acceptors (Lipinski definition) is 0. The first-order valence-electron chi connectivity index (χ1n) is 5.78. The Balaban J connectivity index is 2.33. The number of rotatable bonds is 0. The Bertz CT molecular complexity index is 806. The Hall–Kier alpha value is -1.86. The molecule has 1 aliphatic rings. The SMILES string of the molecule is Fc1c(Cl)cc2cccc3c2c1-c1ccccc1-3. The van der Waals surface area contributed by atoms with E-state index >= 15 is 0 Å². The van der Waals surface area contributed by atoms with Crippen molar-refractivity contribution in [2.75, 3.05) is 0 Å². The minimum Gasteiger partial charge on any atom is -0.205 e. The molecule has 0 saturated heterocycles. The average molecular weight is 255 g/mol. The van der Waals surface area contributed by atoms with E-state index in [4.69, 9.17) is 11.6 Å². The van der Waals surface area contributed by atoms with Gasteiger partial charge < -0.3 is 0 Å². The zero-order valence-corrected chi connectivity index (χ0v) is 10.1. The smallest absolute Gasteiger partial charge is 0.150 e. The van der Waals surface area contributed by atoms with Crippen molar-refractivity contribution < 1.29 is 4.39 Å². The van der Waals surface area contributed by atoms with Crippen LogP contribution in [0.4, 0.5) is 4.39 Å². The summed E-state index contributed by atoms with van der Waals surface area (Å²) >= 11 is 5.99. The third-order valence-corrected chi connectivity index (χ3v) is 3.82. The van der Waals surface area contributed by atoms with Crippen LogP contribution < -0.4 is 0 Å². The number of halogens is 2. The fraction of sp³-hybridized carbons (Fsp3) is 0. The lowest BCUT2D eigenvalue weighted by Crippen LogP contribution is -1.84. The molecule has 0 bridgehead atoms. The molecule has 0 heterocycles. The second-order valence-electron chi connectivity index (χ2n) is 4.50. The van der Waals surface area contributed by atoms with E-state index in [0.717, 1.165) is 27.5 Å². The van der Waals surface area contributed by atoms with Crippen molar-refractivity contribution in [1.29, 1.82) is 0 Å². The quantitative estimate of drug-likeness (QED) is 0.400. The zero-order valence-electron chi connectivity index (χ0n) is 9.37. The summed E-state index contributed by atoms with van der Waals surface area (Å²) in [4.78, 5) is 0. The highest BCUT2D eigenvalue weighted by atomic mass is 35.5. The number of benzene rings is 3. The molecule has 0 radical (unpaired) electrons. The van der Waals surface area contributed by atoms with Crippen molar-refractivity contribution in [3.63, 3.8) is 0 Å². The van der Waals surface area contributed by atoms with Gasteiger partial charge in [-0.25, -0.2) is 4.39 Å². The summed E-state index contributed by atoms with van der Waals surface area (Å²) < 4.78 is 14.3. The van der Waals surface area contributed by atoms with Crippen molar-refractivity contribution in [2.45, 2.75) is 0 Å². The lowest BCUT2D eigenvalue weighted by atomic mass is 10.0. The van der Waals surface area contributed by atoms with Gasteiger partial charge in [0.1, 0.15) is 5.82 Å². The van der Waals surface area contributed by atoms with Crippen LogP contribution in [0.5, 0.6) is 0 Å². The highest BCUT2D eigenvalue weighted by Crippen LogP contribution is 2.49. The van der Waals surface area contributed by atoms with Gasteiger partial charge in [0, 0.05) is 10.9 Å². The molecular weight excluding hydrogens is 247 g/mol. The van der Waals surface area contributed by atoms with E-state index in [9.17, 15) is 4.39 Å². The molecule has 0 aromatic heterocycles.